The molecule has 2 aliphatic heterocycles. The lowest BCUT2D eigenvalue weighted by Crippen LogP contribution is -2.61. The van der Waals surface area contributed by atoms with Gasteiger partial charge in [-0.25, -0.2) is 0 Å². The Morgan fingerprint density at radius 1 is 0.444 bits per heavy atom. The maximum Gasteiger partial charge on any atom is 0.252 e. The topological polar surface area (TPSA) is 6.48 Å². The zero-order valence-corrected chi connectivity index (χ0v) is 45.3. The van der Waals surface area contributed by atoms with Crippen molar-refractivity contribution in [2.45, 2.75) is 129 Å². The first-order valence-corrected chi connectivity index (χ1v) is 27.4. The molecule has 1 aromatic heterocycles. The van der Waals surface area contributed by atoms with E-state index in [4.69, 9.17) is 0 Å². The summed E-state index contributed by atoms with van der Waals surface area (Å²) in [6.07, 6.45) is 3.47. The molecule has 13 rings (SSSR count). The maximum atomic E-state index is 2.74. The van der Waals surface area contributed by atoms with Crippen LogP contribution in [0.3, 0.4) is 0 Å². The minimum Gasteiger partial charge on any atom is -0.311 e. The molecule has 0 unspecified atom stereocenters. The average molecular weight is 955 g/mol. The normalized spacial score (nSPS) is 17.6. The fourth-order valence-electron chi connectivity index (χ4n) is 14.0. The van der Waals surface area contributed by atoms with Gasteiger partial charge in [0.05, 0.1) is 5.69 Å². The third-order valence-corrected chi connectivity index (χ3v) is 18.9. The molecule has 3 heterocycles. The molecule has 0 atom stereocenters. The van der Waals surface area contributed by atoms with Gasteiger partial charge in [-0.1, -0.05) is 173 Å². The first-order valence-electron chi connectivity index (χ1n) is 26.5. The van der Waals surface area contributed by atoms with Crippen LogP contribution >= 0.6 is 11.3 Å². The van der Waals surface area contributed by atoms with E-state index < -0.39 is 0 Å². The second-order valence-electron chi connectivity index (χ2n) is 25.6. The molecule has 0 amide bonds. The van der Waals surface area contributed by atoms with Crippen LogP contribution in [0.5, 0.6) is 0 Å². The van der Waals surface area contributed by atoms with Crippen molar-refractivity contribution >= 4 is 88.7 Å². The number of rotatable bonds is 4. The highest BCUT2D eigenvalue weighted by Gasteiger charge is 2.49. The van der Waals surface area contributed by atoms with Crippen molar-refractivity contribution in [3.05, 3.63) is 185 Å². The van der Waals surface area contributed by atoms with Gasteiger partial charge in [0.25, 0.3) is 6.71 Å². The summed E-state index contributed by atoms with van der Waals surface area (Å²) >= 11 is 1.95. The summed E-state index contributed by atoms with van der Waals surface area (Å²) in [6.45, 7) is 29.2. The van der Waals surface area contributed by atoms with Crippen molar-refractivity contribution in [1.82, 2.24) is 0 Å². The number of hydrogen-bond donors (Lipinski definition) is 0. The Labute approximate surface area is 432 Å². The SMILES string of the molecule is Cc1cc2c(cc1N1c3cc4c(cc3B3c5cc6sc7ccc(C(C)(C)C)cc7c6cc5N(c5ccccc5-c5ccccc5)c5cc(-c6ccccc6)cc1c53)C(C)(C)CC4(C)C)C(C)(C)CCC2(C)C. The molecule has 0 bridgehead atoms. The summed E-state index contributed by atoms with van der Waals surface area (Å²) in [4.78, 5) is 5.41. The van der Waals surface area contributed by atoms with E-state index in [9.17, 15) is 0 Å². The van der Waals surface area contributed by atoms with Crippen molar-refractivity contribution in [2.24, 2.45) is 0 Å². The zero-order chi connectivity index (χ0) is 50.0. The molecule has 9 aromatic rings. The molecular formula is C68H67BN2S. The molecule has 8 aromatic carbocycles. The Balaban J connectivity index is 1.20. The molecule has 2 aliphatic carbocycles. The summed E-state index contributed by atoms with van der Waals surface area (Å²) in [6, 6.07) is 59.4. The molecule has 0 radical (unpaired) electrons. The number of thiophene rings is 1. The van der Waals surface area contributed by atoms with Crippen LogP contribution in [-0.4, -0.2) is 6.71 Å². The van der Waals surface area contributed by atoms with E-state index >= 15 is 0 Å². The first kappa shape index (κ1) is 45.5. The molecule has 0 N–H and O–H groups in total. The predicted octanol–water partition coefficient (Wildman–Crippen LogP) is 17.4. The van der Waals surface area contributed by atoms with E-state index in [-0.39, 0.29) is 33.8 Å². The number of fused-ring (bicyclic) bond motifs is 9. The number of hydrogen-bond acceptors (Lipinski definition) is 3. The molecule has 2 nitrogen and oxygen atoms in total. The van der Waals surface area contributed by atoms with Gasteiger partial charge in [-0.2, -0.15) is 0 Å². The molecule has 0 saturated carbocycles. The van der Waals surface area contributed by atoms with Gasteiger partial charge >= 0.3 is 0 Å². The molecule has 72 heavy (non-hydrogen) atoms. The summed E-state index contributed by atoms with van der Waals surface area (Å²) in [5, 5.41) is 2.67. The zero-order valence-electron chi connectivity index (χ0n) is 44.4. The van der Waals surface area contributed by atoms with Crippen molar-refractivity contribution < 1.29 is 0 Å². The Hall–Kier alpha value is -6.36. The van der Waals surface area contributed by atoms with Crippen molar-refractivity contribution in [1.29, 1.82) is 0 Å². The largest absolute Gasteiger partial charge is 0.311 e. The minimum absolute atomic E-state index is 0.0147. The van der Waals surface area contributed by atoms with E-state index in [0.29, 0.717) is 0 Å². The van der Waals surface area contributed by atoms with Crippen molar-refractivity contribution in [3.8, 4) is 22.3 Å². The van der Waals surface area contributed by atoms with Crippen LogP contribution in [-0.2, 0) is 27.1 Å². The van der Waals surface area contributed by atoms with Crippen LogP contribution in [0.15, 0.2) is 152 Å². The lowest BCUT2D eigenvalue weighted by Gasteiger charge is -2.47. The Bertz CT molecular complexity index is 3730. The molecule has 0 saturated heterocycles. The number of para-hydroxylation sites is 1. The van der Waals surface area contributed by atoms with Crippen LogP contribution < -0.4 is 26.2 Å². The summed E-state index contributed by atoms with van der Waals surface area (Å²) in [7, 11) is 0. The van der Waals surface area contributed by atoms with Crippen molar-refractivity contribution in [3.63, 3.8) is 0 Å². The number of anilines is 6. The van der Waals surface area contributed by atoms with E-state index in [1.54, 1.807) is 0 Å². The second-order valence-corrected chi connectivity index (χ2v) is 26.7. The van der Waals surface area contributed by atoms with Gasteiger partial charge in [-0.15, -0.1) is 11.3 Å². The first-order chi connectivity index (χ1) is 34.2. The minimum atomic E-state index is -0.0147. The van der Waals surface area contributed by atoms with Crippen LogP contribution in [0.2, 0.25) is 0 Å². The quantitative estimate of drug-likeness (QED) is 0.162. The predicted molar refractivity (Wildman–Crippen MR) is 314 cm³/mol. The van der Waals surface area contributed by atoms with Gasteiger partial charge in [-0.05, 0) is 174 Å². The summed E-state index contributed by atoms with van der Waals surface area (Å²) in [5.74, 6) is 0. The molecule has 0 spiro atoms. The number of nitrogens with zero attached hydrogens (tertiary/aromatic N) is 2. The third kappa shape index (κ3) is 6.73. The maximum absolute atomic E-state index is 2.74. The van der Waals surface area contributed by atoms with Crippen LogP contribution in [0.1, 0.15) is 129 Å². The second kappa shape index (κ2) is 15.3. The van der Waals surface area contributed by atoms with E-state index in [0.717, 1.165) is 6.42 Å². The van der Waals surface area contributed by atoms with E-state index in [1.165, 1.54) is 139 Å². The monoisotopic (exact) mass is 955 g/mol. The Morgan fingerprint density at radius 3 is 1.64 bits per heavy atom. The summed E-state index contributed by atoms with van der Waals surface area (Å²) in [5.41, 5.74) is 25.5. The Morgan fingerprint density at radius 2 is 0.972 bits per heavy atom. The van der Waals surface area contributed by atoms with E-state index in [2.05, 4.69) is 245 Å². The van der Waals surface area contributed by atoms with Gasteiger partial charge in [-0.3, -0.25) is 0 Å². The fraction of sp³-hybridized carbons (Fsp3) is 0.294. The highest BCUT2D eigenvalue weighted by atomic mass is 32.1. The lowest BCUT2D eigenvalue weighted by atomic mass is 9.33. The van der Waals surface area contributed by atoms with Crippen LogP contribution in [0, 0.1) is 6.92 Å². The van der Waals surface area contributed by atoms with Crippen molar-refractivity contribution in [2.75, 3.05) is 9.80 Å². The van der Waals surface area contributed by atoms with Crippen LogP contribution in [0.25, 0.3) is 42.4 Å². The van der Waals surface area contributed by atoms with Gasteiger partial charge in [0, 0.05) is 54.2 Å². The molecular weight excluding hydrogens is 888 g/mol. The number of aryl methyl sites for hydroxylation is 1. The highest BCUT2D eigenvalue weighted by Crippen LogP contribution is 2.56. The molecule has 4 aliphatic rings. The highest BCUT2D eigenvalue weighted by molar-refractivity contribution is 7.26. The lowest BCUT2D eigenvalue weighted by molar-refractivity contribution is 0.332. The third-order valence-electron chi connectivity index (χ3n) is 17.8. The molecule has 0 fully saturated rings. The number of benzene rings is 8. The van der Waals surface area contributed by atoms with Gasteiger partial charge in [0.15, 0.2) is 0 Å². The average Bonchev–Trinajstić information content (AvgIpc) is 3.79. The molecule has 358 valence electrons. The smallest absolute Gasteiger partial charge is 0.252 e. The van der Waals surface area contributed by atoms with Gasteiger partial charge < -0.3 is 9.80 Å². The fourth-order valence-corrected chi connectivity index (χ4v) is 15.1. The Kier molecular flexibility index (Phi) is 9.70. The standard InChI is InChI=1S/C68H67BN2S/c1-41-31-49-51(66(7,8)30-29-65(49,5)6)37-56(41)71-58-38-52-50(67(9,10)40-68(52,11)12)36-53(58)69-54-39-62-48(47-34-45(64(2,3)4)27-28-61(47)72-62)35-57(54)70(55-26-20-19-25-46(55)43-23-17-14-18-24-43)59-32-44(33-60(71)63(59)69)42-21-15-13-16-22-42/h13-28,31-39H,29-30,40H2,1-12H3. The van der Waals surface area contributed by atoms with Crippen LogP contribution in [0.4, 0.5) is 34.1 Å². The van der Waals surface area contributed by atoms with Gasteiger partial charge in [0.1, 0.15) is 0 Å². The molecule has 4 heteroatoms. The van der Waals surface area contributed by atoms with E-state index in [1.807, 2.05) is 11.3 Å². The van der Waals surface area contributed by atoms with Gasteiger partial charge in [0.2, 0.25) is 0 Å². The summed E-state index contributed by atoms with van der Waals surface area (Å²) < 4.78 is 2.69.